The number of rotatable bonds is 3. The minimum atomic E-state index is -0.751. The molecule has 1 aromatic carbocycles. The van der Waals surface area contributed by atoms with Crippen LogP contribution in [0, 0.1) is 11.6 Å². The SMILES string of the molecule is CN(C(=O)c1cc(F)cc(F)c1)C(C)(C)CBr. The second-order valence-electron chi connectivity index (χ2n) is 4.47. The fourth-order valence-corrected chi connectivity index (χ4v) is 1.61. The first-order valence-corrected chi connectivity index (χ1v) is 6.20. The van der Waals surface area contributed by atoms with Crippen molar-refractivity contribution in [3.05, 3.63) is 35.4 Å². The van der Waals surface area contributed by atoms with E-state index in [1.54, 1.807) is 7.05 Å². The molecular formula is C12H14BrF2NO. The molecule has 1 rings (SSSR count). The molecule has 0 aliphatic carbocycles. The zero-order valence-electron chi connectivity index (χ0n) is 9.93. The van der Waals surface area contributed by atoms with Crippen LogP contribution < -0.4 is 0 Å². The quantitative estimate of drug-likeness (QED) is 0.785. The third-order valence-electron chi connectivity index (χ3n) is 2.65. The average Bonchev–Trinajstić information content (AvgIpc) is 2.25. The van der Waals surface area contributed by atoms with E-state index in [-0.39, 0.29) is 5.56 Å². The van der Waals surface area contributed by atoms with Crippen LogP contribution in [0.3, 0.4) is 0 Å². The summed E-state index contributed by atoms with van der Waals surface area (Å²) in [4.78, 5) is 13.5. The molecule has 0 saturated heterocycles. The summed E-state index contributed by atoms with van der Waals surface area (Å²) in [6.07, 6.45) is 0. The number of benzene rings is 1. The van der Waals surface area contributed by atoms with E-state index in [2.05, 4.69) is 15.9 Å². The molecule has 0 unspecified atom stereocenters. The van der Waals surface area contributed by atoms with Gasteiger partial charge in [-0.3, -0.25) is 4.79 Å². The molecule has 1 aromatic rings. The highest BCUT2D eigenvalue weighted by Crippen LogP contribution is 2.19. The standard InChI is InChI=1S/C12H14BrF2NO/c1-12(2,7-13)16(3)11(17)8-4-9(14)6-10(15)5-8/h4-6H,7H2,1-3H3. The number of halogens is 3. The minimum absolute atomic E-state index is 0.0130. The summed E-state index contributed by atoms with van der Waals surface area (Å²) < 4.78 is 26.0. The Kier molecular flexibility index (Phi) is 4.25. The van der Waals surface area contributed by atoms with Crippen molar-refractivity contribution in [2.45, 2.75) is 19.4 Å². The Morgan fingerprint density at radius 3 is 2.18 bits per heavy atom. The summed E-state index contributed by atoms with van der Waals surface area (Å²) in [6.45, 7) is 3.71. The second kappa shape index (κ2) is 5.12. The van der Waals surface area contributed by atoms with Crippen LogP contribution in [0.15, 0.2) is 18.2 Å². The maximum absolute atomic E-state index is 13.0. The van der Waals surface area contributed by atoms with Crippen LogP contribution in [0.4, 0.5) is 8.78 Å². The van der Waals surface area contributed by atoms with Gasteiger partial charge < -0.3 is 4.90 Å². The van der Waals surface area contributed by atoms with Crippen molar-refractivity contribution in [2.75, 3.05) is 12.4 Å². The van der Waals surface area contributed by atoms with E-state index >= 15 is 0 Å². The zero-order valence-corrected chi connectivity index (χ0v) is 11.5. The smallest absolute Gasteiger partial charge is 0.254 e. The van der Waals surface area contributed by atoms with Gasteiger partial charge in [0.1, 0.15) is 11.6 Å². The molecule has 1 amide bonds. The lowest BCUT2D eigenvalue weighted by Crippen LogP contribution is -2.46. The van der Waals surface area contributed by atoms with Gasteiger partial charge in [-0.25, -0.2) is 8.78 Å². The van der Waals surface area contributed by atoms with Gasteiger partial charge in [-0.05, 0) is 26.0 Å². The van der Waals surface area contributed by atoms with E-state index in [9.17, 15) is 13.6 Å². The Morgan fingerprint density at radius 1 is 1.29 bits per heavy atom. The molecular weight excluding hydrogens is 292 g/mol. The van der Waals surface area contributed by atoms with E-state index < -0.39 is 23.1 Å². The molecule has 0 bridgehead atoms. The maximum atomic E-state index is 13.0. The predicted octanol–water partition coefficient (Wildman–Crippen LogP) is 3.21. The van der Waals surface area contributed by atoms with Crippen molar-refractivity contribution < 1.29 is 13.6 Å². The van der Waals surface area contributed by atoms with Gasteiger partial charge in [-0.1, -0.05) is 15.9 Å². The number of amides is 1. The average molecular weight is 306 g/mol. The molecule has 0 spiro atoms. The summed E-state index contributed by atoms with van der Waals surface area (Å²) in [5, 5.41) is 0.569. The Hall–Kier alpha value is -0.970. The topological polar surface area (TPSA) is 20.3 Å². The highest BCUT2D eigenvalue weighted by Gasteiger charge is 2.27. The highest BCUT2D eigenvalue weighted by atomic mass is 79.9. The Morgan fingerprint density at radius 2 is 1.76 bits per heavy atom. The summed E-state index contributed by atoms with van der Waals surface area (Å²) in [7, 11) is 1.60. The number of nitrogens with zero attached hydrogens (tertiary/aromatic N) is 1. The van der Waals surface area contributed by atoms with Crippen LogP contribution in [0.1, 0.15) is 24.2 Å². The van der Waals surface area contributed by atoms with Crippen molar-refractivity contribution in [1.82, 2.24) is 4.90 Å². The lowest BCUT2D eigenvalue weighted by Gasteiger charge is -2.34. The van der Waals surface area contributed by atoms with Crippen molar-refractivity contribution in [1.29, 1.82) is 0 Å². The fraction of sp³-hybridized carbons (Fsp3) is 0.417. The third-order valence-corrected chi connectivity index (χ3v) is 4.02. The van der Waals surface area contributed by atoms with Gasteiger partial charge in [0.05, 0.1) is 0 Å². The molecule has 0 radical (unpaired) electrons. The van der Waals surface area contributed by atoms with Crippen molar-refractivity contribution in [3.63, 3.8) is 0 Å². The summed E-state index contributed by atoms with van der Waals surface area (Å²) >= 11 is 3.30. The number of hydrogen-bond donors (Lipinski definition) is 0. The van der Waals surface area contributed by atoms with Gasteiger partial charge >= 0.3 is 0 Å². The van der Waals surface area contributed by atoms with Gasteiger partial charge in [0, 0.05) is 29.5 Å². The Balaban J connectivity index is 3.04. The van der Waals surface area contributed by atoms with Gasteiger partial charge in [0.2, 0.25) is 0 Å². The molecule has 0 aliphatic heterocycles. The van der Waals surface area contributed by atoms with Crippen molar-refractivity contribution >= 4 is 21.8 Å². The maximum Gasteiger partial charge on any atom is 0.254 e. The number of carbonyl (C=O) groups excluding carboxylic acids is 1. The Bertz CT molecular complexity index is 414. The van der Waals surface area contributed by atoms with Gasteiger partial charge in [-0.2, -0.15) is 0 Å². The molecule has 5 heteroatoms. The van der Waals surface area contributed by atoms with E-state index in [1.165, 1.54) is 4.90 Å². The number of hydrogen-bond acceptors (Lipinski definition) is 1. The first kappa shape index (κ1) is 14.1. The van der Waals surface area contributed by atoms with Gasteiger partial charge in [0.15, 0.2) is 0 Å². The lowest BCUT2D eigenvalue weighted by atomic mass is 10.0. The fourth-order valence-electron chi connectivity index (χ4n) is 1.24. The first-order chi connectivity index (χ1) is 7.77. The van der Waals surface area contributed by atoms with Crippen LogP contribution in [-0.2, 0) is 0 Å². The van der Waals surface area contributed by atoms with Gasteiger partial charge in [-0.15, -0.1) is 0 Å². The summed E-state index contributed by atoms with van der Waals surface area (Å²) in [5.41, 5.74) is -0.418. The summed E-state index contributed by atoms with van der Waals surface area (Å²) in [6, 6.07) is 2.81. The molecule has 0 aromatic heterocycles. The second-order valence-corrected chi connectivity index (χ2v) is 5.03. The molecule has 17 heavy (non-hydrogen) atoms. The zero-order chi connectivity index (χ0) is 13.2. The predicted molar refractivity (Wildman–Crippen MR) is 66.3 cm³/mol. The van der Waals surface area contributed by atoms with E-state index in [0.717, 1.165) is 18.2 Å². The van der Waals surface area contributed by atoms with E-state index in [1.807, 2.05) is 13.8 Å². The molecule has 0 N–H and O–H groups in total. The molecule has 0 atom stereocenters. The molecule has 0 aliphatic rings. The summed E-state index contributed by atoms with van der Waals surface area (Å²) in [5.74, 6) is -1.91. The molecule has 94 valence electrons. The van der Waals surface area contributed by atoms with Crippen LogP contribution in [0.25, 0.3) is 0 Å². The van der Waals surface area contributed by atoms with Crippen LogP contribution >= 0.6 is 15.9 Å². The molecule has 2 nitrogen and oxygen atoms in total. The van der Waals surface area contributed by atoms with Crippen LogP contribution in [0.5, 0.6) is 0 Å². The minimum Gasteiger partial charge on any atom is -0.336 e. The number of alkyl halides is 1. The lowest BCUT2D eigenvalue weighted by molar-refractivity contribution is 0.0662. The Labute approximate surface area is 108 Å². The van der Waals surface area contributed by atoms with Crippen molar-refractivity contribution in [2.24, 2.45) is 0 Å². The van der Waals surface area contributed by atoms with E-state index in [4.69, 9.17) is 0 Å². The third kappa shape index (κ3) is 3.25. The van der Waals surface area contributed by atoms with E-state index in [0.29, 0.717) is 5.33 Å². The van der Waals surface area contributed by atoms with Gasteiger partial charge in [0.25, 0.3) is 5.91 Å². The van der Waals surface area contributed by atoms with Crippen molar-refractivity contribution in [3.8, 4) is 0 Å². The monoisotopic (exact) mass is 305 g/mol. The first-order valence-electron chi connectivity index (χ1n) is 5.08. The molecule has 0 saturated carbocycles. The largest absolute Gasteiger partial charge is 0.336 e. The molecule has 0 fully saturated rings. The normalized spacial score (nSPS) is 11.4. The highest BCUT2D eigenvalue weighted by molar-refractivity contribution is 9.09. The molecule has 0 heterocycles. The number of carbonyl (C=O) groups is 1. The van der Waals surface area contributed by atoms with Crippen LogP contribution in [0.2, 0.25) is 0 Å². The van der Waals surface area contributed by atoms with Crippen LogP contribution in [-0.4, -0.2) is 28.7 Å².